The monoisotopic (exact) mass is 197 g/mol. The smallest absolute Gasteiger partial charge is 0.248 e. The van der Waals surface area contributed by atoms with Gasteiger partial charge in [-0.05, 0) is 6.92 Å². The molecule has 1 aromatic heterocycles. The number of aliphatic imine (C=N–C) groups is 2. The van der Waals surface area contributed by atoms with Crippen LogP contribution in [0.25, 0.3) is 0 Å². The van der Waals surface area contributed by atoms with Crippen LogP contribution in [0.15, 0.2) is 14.5 Å². The normalized spacial score (nSPS) is 11.4. The third-order valence-electron chi connectivity index (χ3n) is 1.19. The first-order valence-electron chi connectivity index (χ1n) is 3.76. The van der Waals surface area contributed by atoms with Gasteiger partial charge in [0.2, 0.25) is 11.9 Å². The van der Waals surface area contributed by atoms with Crippen molar-refractivity contribution in [2.24, 2.45) is 27.2 Å². The van der Waals surface area contributed by atoms with E-state index in [1.165, 1.54) is 0 Å². The van der Waals surface area contributed by atoms with Crippen molar-refractivity contribution in [2.45, 2.75) is 13.5 Å². The topological polar surface area (TPSA) is 142 Å². The fourth-order valence-corrected chi connectivity index (χ4v) is 0.721. The van der Waals surface area contributed by atoms with E-state index in [0.29, 0.717) is 11.7 Å². The Bertz CT molecular complexity index is 362. The first kappa shape index (κ1) is 9.96. The molecule has 0 bridgehead atoms. The van der Waals surface area contributed by atoms with Crippen LogP contribution in [0.4, 0.5) is 0 Å². The van der Waals surface area contributed by atoms with Crippen molar-refractivity contribution in [1.29, 1.82) is 0 Å². The highest BCUT2D eigenvalue weighted by Gasteiger charge is 2.00. The van der Waals surface area contributed by atoms with E-state index < -0.39 is 0 Å². The van der Waals surface area contributed by atoms with Crippen molar-refractivity contribution in [3.05, 3.63) is 11.7 Å². The molecule has 0 fully saturated rings. The quantitative estimate of drug-likeness (QED) is 0.387. The van der Waals surface area contributed by atoms with E-state index in [4.69, 9.17) is 21.7 Å². The molecule has 0 spiro atoms. The standard InChI is InChI=1S/C6H11N7O/c1-3-11-4(14-13-3)2-10-6(9)12-5(7)8/h2H2,1H3,(H6,7,8,9,10,12). The number of nitrogens with two attached hydrogens (primary N) is 3. The average molecular weight is 197 g/mol. The molecule has 6 N–H and O–H groups in total. The third kappa shape index (κ3) is 3.09. The lowest BCUT2D eigenvalue weighted by Gasteiger charge is -1.91. The van der Waals surface area contributed by atoms with Crippen LogP contribution in [-0.4, -0.2) is 22.1 Å². The molecule has 14 heavy (non-hydrogen) atoms. The highest BCUT2D eigenvalue weighted by molar-refractivity contribution is 5.92. The van der Waals surface area contributed by atoms with Crippen LogP contribution < -0.4 is 17.2 Å². The van der Waals surface area contributed by atoms with Crippen LogP contribution in [0.1, 0.15) is 11.7 Å². The summed E-state index contributed by atoms with van der Waals surface area (Å²) in [5, 5.41) is 3.57. The van der Waals surface area contributed by atoms with Gasteiger partial charge >= 0.3 is 0 Å². The summed E-state index contributed by atoms with van der Waals surface area (Å²) in [6.45, 7) is 1.86. The lowest BCUT2D eigenvalue weighted by molar-refractivity contribution is 0.376. The predicted octanol–water partition coefficient (Wildman–Crippen LogP) is -1.53. The Balaban J connectivity index is 2.59. The summed E-state index contributed by atoms with van der Waals surface area (Å²) in [4.78, 5) is 11.2. The fraction of sp³-hybridized carbons (Fsp3) is 0.333. The van der Waals surface area contributed by atoms with Crippen molar-refractivity contribution < 1.29 is 4.52 Å². The Labute approximate surface area is 79.9 Å². The molecular weight excluding hydrogens is 186 g/mol. The van der Waals surface area contributed by atoms with E-state index in [2.05, 4.69) is 20.1 Å². The number of hydrogen-bond donors (Lipinski definition) is 3. The minimum atomic E-state index is -0.145. The molecular formula is C6H11N7O. The number of nitrogens with zero attached hydrogens (tertiary/aromatic N) is 4. The molecule has 0 aliphatic heterocycles. The van der Waals surface area contributed by atoms with Crippen LogP contribution in [0.5, 0.6) is 0 Å². The summed E-state index contributed by atoms with van der Waals surface area (Å²) in [5.74, 6) is 0.723. The number of aromatic nitrogens is 2. The highest BCUT2D eigenvalue weighted by Crippen LogP contribution is 1.97. The Morgan fingerprint density at radius 1 is 1.43 bits per heavy atom. The maximum absolute atomic E-state index is 5.34. The maximum Gasteiger partial charge on any atom is 0.248 e. The van der Waals surface area contributed by atoms with Gasteiger partial charge in [0.05, 0.1) is 0 Å². The van der Waals surface area contributed by atoms with Crippen LogP contribution in [-0.2, 0) is 6.54 Å². The van der Waals surface area contributed by atoms with Gasteiger partial charge in [-0.1, -0.05) is 5.16 Å². The fourth-order valence-electron chi connectivity index (χ4n) is 0.721. The minimum absolute atomic E-state index is 0.0270. The van der Waals surface area contributed by atoms with Crippen molar-refractivity contribution in [3.8, 4) is 0 Å². The van der Waals surface area contributed by atoms with Gasteiger partial charge in [0.25, 0.3) is 0 Å². The zero-order valence-corrected chi connectivity index (χ0v) is 7.64. The maximum atomic E-state index is 5.34. The number of rotatable bonds is 2. The SMILES string of the molecule is Cc1noc(CN=C(N)N=C(N)N)n1. The second-order valence-corrected chi connectivity index (χ2v) is 2.45. The first-order valence-corrected chi connectivity index (χ1v) is 3.76. The molecule has 0 atom stereocenters. The van der Waals surface area contributed by atoms with E-state index in [0.717, 1.165) is 0 Å². The number of aryl methyl sites for hydroxylation is 1. The molecule has 0 saturated heterocycles. The Kier molecular flexibility index (Phi) is 3.00. The molecule has 0 unspecified atom stereocenters. The van der Waals surface area contributed by atoms with Crippen LogP contribution in [0.2, 0.25) is 0 Å². The molecule has 1 heterocycles. The molecule has 0 radical (unpaired) electrons. The minimum Gasteiger partial charge on any atom is -0.370 e. The van der Waals surface area contributed by atoms with Crippen LogP contribution in [0.3, 0.4) is 0 Å². The van der Waals surface area contributed by atoms with E-state index in [9.17, 15) is 0 Å². The highest BCUT2D eigenvalue weighted by atomic mass is 16.5. The first-order chi connectivity index (χ1) is 6.58. The zero-order chi connectivity index (χ0) is 10.6. The Hall–Kier alpha value is -2.12. The molecule has 8 heteroatoms. The molecule has 1 aromatic rings. The Morgan fingerprint density at radius 3 is 2.64 bits per heavy atom. The summed E-state index contributed by atoms with van der Waals surface area (Å²) in [6.07, 6.45) is 0. The lowest BCUT2D eigenvalue weighted by Crippen LogP contribution is -2.26. The van der Waals surface area contributed by atoms with Crippen molar-refractivity contribution in [2.75, 3.05) is 0 Å². The number of guanidine groups is 2. The van der Waals surface area contributed by atoms with Crippen LogP contribution >= 0.6 is 0 Å². The second-order valence-electron chi connectivity index (χ2n) is 2.45. The van der Waals surface area contributed by atoms with Gasteiger partial charge in [-0.3, -0.25) is 0 Å². The summed E-state index contributed by atoms with van der Waals surface area (Å²) in [7, 11) is 0. The van der Waals surface area contributed by atoms with E-state index >= 15 is 0 Å². The van der Waals surface area contributed by atoms with Gasteiger partial charge in [-0.2, -0.15) is 9.98 Å². The van der Waals surface area contributed by atoms with Gasteiger partial charge in [0.15, 0.2) is 11.8 Å². The summed E-state index contributed by atoms with van der Waals surface area (Å²) >= 11 is 0. The Morgan fingerprint density at radius 2 is 2.14 bits per heavy atom. The van der Waals surface area contributed by atoms with Crippen molar-refractivity contribution >= 4 is 11.9 Å². The molecule has 0 aliphatic rings. The molecule has 0 aliphatic carbocycles. The van der Waals surface area contributed by atoms with Gasteiger partial charge in [-0.25, -0.2) is 4.99 Å². The van der Waals surface area contributed by atoms with Crippen LogP contribution in [0, 0.1) is 6.92 Å². The lowest BCUT2D eigenvalue weighted by atomic mass is 10.6. The zero-order valence-electron chi connectivity index (χ0n) is 7.64. The van der Waals surface area contributed by atoms with Gasteiger partial charge in [-0.15, -0.1) is 0 Å². The molecule has 0 aromatic carbocycles. The molecule has 0 amide bonds. The summed E-state index contributed by atoms with van der Waals surface area (Å²) < 4.78 is 4.78. The third-order valence-corrected chi connectivity index (χ3v) is 1.19. The van der Waals surface area contributed by atoms with Gasteiger partial charge in [0.1, 0.15) is 6.54 Å². The number of hydrogen-bond acceptors (Lipinski definition) is 4. The van der Waals surface area contributed by atoms with E-state index in [-0.39, 0.29) is 18.5 Å². The van der Waals surface area contributed by atoms with Crippen molar-refractivity contribution in [1.82, 2.24) is 10.1 Å². The predicted molar refractivity (Wildman–Crippen MR) is 50.2 cm³/mol. The van der Waals surface area contributed by atoms with Crippen molar-refractivity contribution in [3.63, 3.8) is 0 Å². The summed E-state index contributed by atoms with van der Waals surface area (Å²) in [5.41, 5.74) is 15.5. The van der Waals surface area contributed by atoms with Gasteiger partial charge < -0.3 is 21.7 Å². The molecule has 1 rings (SSSR count). The largest absolute Gasteiger partial charge is 0.370 e. The second kappa shape index (κ2) is 4.21. The summed E-state index contributed by atoms with van der Waals surface area (Å²) in [6, 6.07) is 0. The molecule has 8 nitrogen and oxygen atoms in total. The van der Waals surface area contributed by atoms with E-state index in [1.54, 1.807) is 6.92 Å². The average Bonchev–Trinajstić information content (AvgIpc) is 2.47. The van der Waals surface area contributed by atoms with E-state index in [1.807, 2.05) is 0 Å². The molecule has 76 valence electrons. The van der Waals surface area contributed by atoms with Gasteiger partial charge in [0, 0.05) is 0 Å². The molecule has 0 saturated carbocycles.